The van der Waals surface area contributed by atoms with Gasteiger partial charge in [0.1, 0.15) is 17.1 Å². The number of aliphatic hydroxyl groups is 1. The van der Waals surface area contributed by atoms with Crippen LogP contribution in [0.5, 0.6) is 5.75 Å². The number of hydrogen-bond acceptors (Lipinski definition) is 5. The quantitative estimate of drug-likeness (QED) is 0.699. The summed E-state index contributed by atoms with van der Waals surface area (Å²) in [5, 5.41) is 20.0. The molecule has 7 heteroatoms. The molecule has 2 aliphatic rings. The van der Waals surface area contributed by atoms with Gasteiger partial charge in [-0.1, -0.05) is 0 Å². The standard InChI is InChI=1S/C22H21NO6/c1-28-21-12(18-9-14-16(24)3-2-4-17(14)29-18)7-8-13-19(21)23(11-5-6-11)10-15(20(13)25)22(26)27/h7-11,16,24H,2-6H2,1H3,(H,26,27). The molecule has 1 aromatic carbocycles. The molecule has 5 rings (SSSR count). The largest absolute Gasteiger partial charge is 0.494 e. The molecule has 2 heterocycles. The number of carbonyl (C=O) groups is 1. The van der Waals surface area contributed by atoms with Crippen LogP contribution in [0.15, 0.2) is 33.6 Å². The molecule has 0 amide bonds. The molecule has 1 saturated carbocycles. The van der Waals surface area contributed by atoms with Gasteiger partial charge in [0.05, 0.1) is 29.7 Å². The highest BCUT2D eigenvalue weighted by molar-refractivity contribution is 5.97. The van der Waals surface area contributed by atoms with Crippen molar-refractivity contribution < 1.29 is 24.2 Å². The SMILES string of the molecule is COc1c(-c2cc3c(o2)CCCC3O)ccc2c(=O)c(C(=O)O)cn(C3CC3)c12. The first-order chi connectivity index (χ1) is 14.0. The molecule has 0 saturated heterocycles. The number of aliphatic hydroxyl groups excluding tert-OH is 1. The minimum Gasteiger partial charge on any atom is -0.494 e. The maximum Gasteiger partial charge on any atom is 0.341 e. The highest BCUT2D eigenvalue weighted by atomic mass is 16.5. The Morgan fingerprint density at radius 2 is 2.07 bits per heavy atom. The van der Waals surface area contributed by atoms with Crippen LogP contribution in [0.1, 0.15) is 59.5 Å². The van der Waals surface area contributed by atoms with Crippen molar-refractivity contribution in [1.29, 1.82) is 0 Å². The monoisotopic (exact) mass is 395 g/mol. The summed E-state index contributed by atoms with van der Waals surface area (Å²) in [5.74, 6) is 0.597. The maximum atomic E-state index is 12.8. The average Bonchev–Trinajstić information content (AvgIpc) is 3.45. The number of benzene rings is 1. The molecule has 1 unspecified atom stereocenters. The van der Waals surface area contributed by atoms with Gasteiger partial charge in [-0.2, -0.15) is 0 Å². The van der Waals surface area contributed by atoms with Crippen molar-refractivity contribution in [3.63, 3.8) is 0 Å². The van der Waals surface area contributed by atoms with Crippen molar-refractivity contribution in [2.24, 2.45) is 0 Å². The molecule has 2 N–H and O–H groups in total. The molecule has 0 bridgehead atoms. The minimum atomic E-state index is -1.23. The second kappa shape index (κ2) is 6.49. The number of aromatic carboxylic acids is 1. The summed E-state index contributed by atoms with van der Waals surface area (Å²) in [4.78, 5) is 24.3. The van der Waals surface area contributed by atoms with Crippen LogP contribution in [-0.4, -0.2) is 27.9 Å². The average molecular weight is 395 g/mol. The summed E-state index contributed by atoms with van der Waals surface area (Å²) in [6.45, 7) is 0. The number of methoxy groups -OCH3 is 1. The van der Waals surface area contributed by atoms with E-state index in [0.717, 1.165) is 37.0 Å². The van der Waals surface area contributed by atoms with Crippen molar-refractivity contribution in [3.8, 4) is 17.1 Å². The number of furan rings is 1. The summed E-state index contributed by atoms with van der Waals surface area (Å²) >= 11 is 0. The van der Waals surface area contributed by atoms with Gasteiger partial charge in [0.25, 0.3) is 0 Å². The number of carboxylic acid groups (broad SMARTS) is 1. The van der Waals surface area contributed by atoms with Crippen LogP contribution in [-0.2, 0) is 6.42 Å². The number of ether oxygens (including phenoxy) is 1. The van der Waals surface area contributed by atoms with E-state index in [1.54, 1.807) is 12.1 Å². The fourth-order valence-electron chi connectivity index (χ4n) is 4.28. The first-order valence-electron chi connectivity index (χ1n) is 9.79. The number of carboxylic acids is 1. The Morgan fingerprint density at radius 3 is 2.72 bits per heavy atom. The van der Waals surface area contributed by atoms with Gasteiger partial charge in [0.2, 0.25) is 5.43 Å². The fourth-order valence-corrected chi connectivity index (χ4v) is 4.28. The van der Waals surface area contributed by atoms with Crippen molar-refractivity contribution in [1.82, 2.24) is 4.57 Å². The van der Waals surface area contributed by atoms with E-state index < -0.39 is 17.5 Å². The highest BCUT2D eigenvalue weighted by Crippen LogP contribution is 2.44. The van der Waals surface area contributed by atoms with E-state index in [9.17, 15) is 19.8 Å². The second-order valence-corrected chi connectivity index (χ2v) is 7.76. The van der Waals surface area contributed by atoms with Crippen LogP contribution in [0.3, 0.4) is 0 Å². The zero-order valence-electron chi connectivity index (χ0n) is 16.0. The van der Waals surface area contributed by atoms with E-state index >= 15 is 0 Å². The van der Waals surface area contributed by atoms with Crippen LogP contribution < -0.4 is 10.2 Å². The van der Waals surface area contributed by atoms with E-state index in [1.807, 2.05) is 10.6 Å². The highest BCUT2D eigenvalue weighted by Gasteiger charge is 2.30. The lowest BCUT2D eigenvalue weighted by Gasteiger charge is -2.16. The van der Waals surface area contributed by atoms with Crippen LogP contribution in [0.4, 0.5) is 0 Å². The van der Waals surface area contributed by atoms with Crippen molar-refractivity contribution in [2.75, 3.05) is 7.11 Å². The summed E-state index contributed by atoms with van der Waals surface area (Å²) < 4.78 is 13.6. The smallest absolute Gasteiger partial charge is 0.341 e. The van der Waals surface area contributed by atoms with E-state index in [4.69, 9.17) is 9.15 Å². The predicted octanol–water partition coefficient (Wildman–Crippen LogP) is 3.67. The van der Waals surface area contributed by atoms with Crippen LogP contribution in [0.2, 0.25) is 0 Å². The lowest BCUT2D eigenvalue weighted by Crippen LogP contribution is -2.19. The number of rotatable bonds is 4. The third-order valence-electron chi connectivity index (χ3n) is 5.87. The summed E-state index contributed by atoms with van der Waals surface area (Å²) in [6, 6.07) is 5.35. The summed E-state index contributed by atoms with van der Waals surface area (Å²) in [6.07, 6.45) is 5.09. The molecule has 29 heavy (non-hydrogen) atoms. The first kappa shape index (κ1) is 18.0. The molecule has 0 radical (unpaired) electrons. The molecular weight excluding hydrogens is 374 g/mol. The summed E-state index contributed by atoms with van der Waals surface area (Å²) in [7, 11) is 1.53. The Kier molecular flexibility index (Phi) is 4.03. The molecule has 0 spiro atoms. The molecule has 1 fully saturated rings. The molecule has 0 aliphatic heterocycles. The number of hydrogen-bond donors (Lipinski definition) is 2. The third-order valence-corrected chi connectivity index (χ3v) is 5.87. The Labute approximate surface area is 166 Å². The van der Waals surface area contributed by atoms with Gasteiger partial charge >= 0.3 is 5.97 Å². The normalized spacial score (nSPS) is 18.6. The lowest BCUT2D eigenvalue weighted by atomic mass is 9.95. The van der Waals surface area contributed by atoms with E-state index in [-0.39, 0.29) is 11.6 Å². The Morgan fingerprint density at radius 1 is 1.28 bits per heavy atom. The Balaban J connectivity index is 1.79. The maximum absolute atomic E-state index is 12.8. The molecule has 3 aromatic rings. The lowest BCUT2D eigenvalue weighted by molar-refractivity contribution is 0.0694. The van der Waals surface area contributed by atoms with Crippen molar-refractivity contribution >= 4 is 16.9 Å². The van der Waals surface area contributed by atoms with Crippen molar-refractivity contribution in [3.05, 3.63) is 51.5 Å². The third kappa shape index (κ3) is 2.76. The van der Waals surface area contributed by atoms with Gasteiger partial charge < -0.3 is 23.9 Å². The fraction of sp³-hybridized carbons (Fsp3) is 0.364. The zero-order valence-corrected chi connectivity index (χ0v) is 16.0. The second-order valence-electron chi connectivity index (χ2n) is 7.76. The number of aryl methyl sites for hydroxylation is 1. The topological polar surface area (TPSA) is 102 Å². The molecule has 7 nitrogen and oxygen atoms in total. The van der Waals surface area contributed by atoms with Crippen LogP contribution in [0.25, 0.3) is 22.2 Å². The number of fused-ring (bicyclic) bond motifs is 2. The molecule has 2 aromatic heterocycles. The first-order valence-corrected chi connectivity index (χ1v) is 9.79. The van der Waals surface area contributed by atoms with Crippen LogP contribution >= 0.6 is 0 Å². The molecule has 1 atom stereocenters. The van der Waals surface area contributed by atoms with Gasteiger partial charge in [-0.05, 0) is 43.9 Å². The predicted molar refractivity (Wildman–Crippen MR) is 106 cm³/mol. The number of pyridine rings is 1. The Hall–Kier alpha value is -3.06. The molecule has 2 aliphatic carbocycles. The van der Waals surface area contributed by atoms with Gasteiger partial charge in [0, 0.05) is 24.2 Å². The number of nitrogens with zero attached hydrogens (tertiary/aromatic N) is 1. The molecule has 150 valence electrons. The van der Waals surface area contributed by atoms with Crippen LogP contribution in [0, 0.1) is 0 Å². The van der Waals surface area contributed by atoms with Gasteiger partial charge in [-0.3, -0.25) is 4.79 Å². The zero-order chi connectivity index (χ0) is 20.3. The van der Waals surface area contributed by atoms with E-state index in [1.165, 1.54) is 13.3 Å². The van der Waals surface area contributed by atoms with Crippen molar-refractivity contribution in [2.45, 2.75) is 44.2 Å². The number of aromatic nitrogens is 1. The summed E-state index contributed by atoms with van der Waals surface area (Å²) in [5.41, 5.74) is 1.30. The van der Waals surface area contributed by atoms with E-state index in [2.05, 4.69) is 0 Å². The van der Waals surface area contributed by atoms with Gasteiger partial charge in [-0.15, -0.1) is 0 Å². The molecular formula is C22H21NO6. The Bertz CT molecular complexity index is 1200. The van der Waals surface area contributed by atoms with E-state index in [0.29, 0.717) is 34.4 Å². The van der Waals surface area contributed by atoms with Gasteiger partial charge in [-0.25, -0.2) is 4.79 Å². The minimum absolute atomic E-state index is 0.145. The van der Waals surface area contributed by atoms with Gasteiger partial charge in [0.15, 0.2) is 5.75 Å².